The SMILES string of the molecule is CSCCC(NC(=O)C(Cc1ccc(O)cc1)NC(=O)C(N)CCCN=C(N)N)C(=O)NC(C)C(=O)O. The van der Waals surface area contributed by atoms with Crippen LogP contribution in [0.5, 0.6) is 5.75 Å². The van der Waals surface area contributed by atoms with Gasteiger partial charge in [-0.15, -0.1) is 0 Å². The molecule has 4 unspecified atom stereocenters. The number of phenolic OH excluding ortho intramolecular Hbond substituents is 1. The molecular formula is C23H37N7O6S. The predicted molar refractivity (Wildman–Crippen MR) is 142 cm³/mol. The number of aliphatic carboxylic acids is 1. The van der Waals surface area contributed by atoms with Crippen molar-refractivity contribution in [2.24, 2.45) is 22.2 Å². The zero-order chi connectivity index (χ0) is 28.0. The van der Waals surface area contributed by atoms with Crippen molar-refractivity contribution in [2.45, 2.75) is 56.8 Å². The Bertz CT molecular complexity index is 940. The second kappa shape index (κ2) is 16.3. The van der Waals surface area contributed by atoms with Gasteiger partial charge in [-0.1, -0.05) is 12.1 Å². The Morgan fingerprint density at radius 2 is 1.57 bits per heavy atom. The predicted octanol–water partition coefficient (Wildman–Crippen LogP) is -1.37. The number of nitrogens with one attached hydrogen (secondary N) is 3. The molecule has 0 aliphatic carbocycles. The number of carboxylic acid groups (broad SMARTS) is 1. The summed E-state index contributed by atoms with van der Waals surface area (Å²) in [4.78, 5) is 53.7. The Labute approximate surface area is 220 Å². The van der Waals surface area contributed by atoms with Gasteiger partial charge in [0.1, 0.15) is 23.9 Å². The molecule has 0 heterocycles. The molecule has 14 heteroatoms. The first-order chi connectivity index (χ1) is 17.4. The zero-order valence-electron chi connectivity index (χ0n) is 21.0. The van der Waals surface area contributed by atoms with Crippen LogP contribution in [0, 0.1) is 0 Å². The van der Waals surface area contributed by atoms with Crippen molar-refractivity contribution in [1.82, 2.24) is 16.0 Å². The molecule has 3 amide bonds. The molecule has 1 rings (SSSR count). The van der Waals surface area contributed by atoms with Gasteiger partial charge in [-0.25, -0.2) is 0 Å². The number of carboxylic acids is 1. The van der Waals surface area contributed by atoms with Gasteiger partial charge in [0.15, 0.2) is 5.96 Å². The number of carbonyl (C=O) groups is 4. The van der Waals surface area contributed by atoms with Gasteiger partial charge in [-0.2, -0.15) is 11.8 Å². The maximum Gasteiger partial charge on any atom is 0.325 e. The second-order valence-electron chi connectivity index (χ2n) is 8.40. The molecule has 0 spiro atoms. The lowest BCUT2D eigenvalue weighted by atomic mass is 10.0. The van der Waals surface area contributed by atoms with E-state index in [0.29, 0.717) is 24.3 Å². The third-order valence-electron chi connectivity index (χ3n) is 5.29. The van der Waals surface area contributed by atoms with Crippen molar-refractivity contribution in [3.05, 3.63) is 29.8 Å². The molecule has 4 atom stereocenters. The molecule has 0 aromatic heterocycles. The number of phenols is 1. The smallest absolute Gasteiger partial charge is 0.325 e. The van der Waals surface area contributed by atoms with Crippen LogP contribution in [0.4, 0.5) is 0 Å². The third kappa shape index (κ3) is 12.3. The van der Waals surface area contributed by atoms with Gasteiger partial charge in [0.25, 0.3) is 0 Å². The molecule has 206 valence electrons. The summed E-state index contributed by atoms with van der Waals surface area (Å²) in [6.45, 7) is 1.61. The standard InChI is InChI=1S/C23H37N7O6S/c1-13(22(35)36)28-20(33)17(9-11-37-2)29-21(34)18(12-14-5-7-15(31)8-6-14)30-19(32)16(24)4-3-10-27-23(25)26/h5-8,13,16-18,31H,3-4,9-12,24H2,1-2H3,(H,28,33)(H,29,34)(H,30,32)(H,35,36)(H4,25,26,27). The van der Waals surface area contributed by atoms with Crippen molar-refractivity contribution in [3.8, 4) is 5.75 Å². The van der Waals surface area contributed by atoms with Crippen LogP contribution < -0.4 is 33.2 Å². The minimum Gasteiger partial charge on any atom is -0.508 e. The van der Waals surface area contributed by atoms with Crippen LogP contribution in [-0.2, 0) is 25.6 Å². The van der Waals surface area contributed by atoms with E-state index >= 15 is 0 Å². The number of thioether (sulfide) groups is 1. The molecule has 0 aliphatic heterocycles. The van der Waals surface area contributed by atoms with E-state index in [4.69, 9.17) is 22.3 Å². The minimum absolute atomic E-state index is 0.0398. The van der Waals surface area contributed by atoms with Crippen LogP contribution in [0.3, 0.4) is 0 Å². The van der Waals surface area contributed by atoms with Gasteiger partial charge in [0.05, 0.1) is 6.04 Å². The lowest BCUT2D eigenvalue weighted by Crippen LogP contribution is -2.57. The normalized spacial score (nSPS) is 13.9. The van der Waals surface area contributed by atoms with E-state index < -0.39 is 47.9 Å². The van der Waals surface area contributed by atoms with E-state index in [-0.39, 0.29) is 31.0 Å². The molecule has 1 aromatic carbocycles. The van der Waals surface area contributed by atoms with Crippen molar-refractivity contribution < 1.29 is 29.4 Å². The summed E-state index contributed by atoms with van der Waals surface area (Å²) >= 11 is 1.46. The average molecular weight is 540 g/mol. The Morgan fingerprint density at radius 3 is 2.14 bits per heavy atom. The number of aromatic hydroxyl groups is 1. The molecule has 11 N–H and O–H groups in total. The highest BCUT2D eigenvalue weighted by molar-refractivity contribution is 7.98. The quantitative estimate of drug-likeness (QED) is 0.0696. The Morgan fingerprint density at radius 1 is 0.973 bits per heavy atom. The molecule has 0 saturated carbocycles. The zero-order valence-corrected chi connectivity index (χ0v) is 21.8. The fourth-order valence-electron chi connectivity index (χ4n) is 3.16. The van der Waals surface area contributed by atoms with Gasteiger partial charge in [0, 0.05) is 13.0 Å². The summed E-state index contributed by atoms with van der Waals surface area (Å²) in [5.41, 5.74) is 17.2. The number of aliphatic imine (C=N–C) groups is 1. The number of carbonyl (C=O) groups excluding carboxylic acids is 3. The van der Waals surface area contributed by atoms with Crippen molar-refractivity contribution in [3.63, 3.8) is 0 Å². The van der Waals surface area contributed by atoms with E-state index in [1.165, 1.54) is 30.8 Å². The number of benzene rings is 1. The van der Waals surface area contributed by atoms with E-state index in [1.807, 2.05) is 6.26 Å². The average Bonchev–Trinajstić information content (AvgIpc) is 2.84. The largest absolute Gasteiger partial charge is 0.508 e. The lowest BCUT2D eigenvalue weighted by Gasteiger charge is -2.25. The maximum atomic E-state index is 13.2. The Balaban J connectivity index is 3.01. The summed E-state index contributed by atoms with van der Waals surface area (Å²) in [6.07, 6.45) is 2.84. The third-order valence-corrected chi connectivity index (χ3v) is 5.93. The van der Waals surface area contributed by atoms with Crippen LogP contribution >= 0.6 is 11.8 Å². The highest BCUT2D eigenvalue weighted by Gasteiger charge is 2.29. The van der Waals surface area contributed by atoms with Gasteiger partial charge in [-0.3, -0.25) is 24.2 Å². The topological polar surface area (TPSA) is 235 Å². The number of amides is 3. The summed E-state index contributed by atoms with van der Waals surface area (Å²) in [6, 6.07) is 1.90. The molecule has 0 bridgehead atoms. The number of rotatable bonds is 16. The first kappa shape index (κ1) is 31.5. The highest BCUT2D eigenvalue weighted by atomic mass is 32.2. The van der Waals surface area contributed by atoms with Crippen LogP contribution in [-0.4, -0.2) is 82.6 Å². The Hall–Kier alpha value is -3.52. The summed E-state index contributed by atoms with van der Waals surface area (Å²) < 4.78 is 0. The van der Waals surface area contributed by atoms with E-state index in [0.717, 1.165) is 0 Å². The van der Waals surface area contributed by atoms with E-state index in [2.05, 4.69) is 20.9 Å². The fourth-order valence-corrected chi connectivity index (χ4v) is 3.63. The van der Waals surface area contributed by atoms with Crippen molar-refractivity contribution in [2.75, 3.05) is 18.6 Å². The lowest BCUT2D eigenvalue weighted by molar-refractivity contribution is -0.141. The van der Waals surface area contributed by atoms with Crippen molar-refractivity contribution >= 4 is 41.4 Å². The van der Waals surface area contributed by atoms with Crippen LogP contribution in [0.15, 0.2) is 29.3 Å². The molecule has 13 nitrogen and oxygen atoms in total. The fraction of sp³-hybridized carbons (Fsp3) is 0.522. The van der Waals surface area contributed by atoms with Crippen molar-refractivity contribution in [1.29, 1.82) is 0 Å². The van der Waals surface area contributed by atoms with Gasteiger partial charge in [-0.05, 0) is 55.9 Å². The van der Waals surface area contributed by atoms with Crippen LogP contribution in [0.25, 0.3) is 0 Å². The van der Waals surface area contributed by atoms with Gasteiger partial charge >= 0.3 is 5.97 Å². The number of nitrogens with zero attached hydrogens (tertiary/aromatic N) is 1. The molecule has 0 saturated heterocycles. The van der Waals surface area contributed by atoms with E-state index in [9.17, 15) is 24.3 Å². The summed E-state index contributed by atoms with van der Waals surface area (Å²) in [5, 5.41) is 26.3. The van der Waals surface area contributed by atoms with Crippen LogP contribution in [0.2, 0.25) is 0 Å². The number of guanidine groups is 1. The van der Waals surface area contributed by atoms with E-state index in [1.54, 1.807) is 12.1 Å². The summed E-state index contributed by atoms with van der Waals surface area (Å²) in [7, 11) is 0. The number of hydrogen-bond acceptors (Lipinski definition) is 8. The molecule has 0 radical (unpaired) electrons. The molecule has 0 aliphatic rings. The van der Waals surface area contributed by atoms with Gasteiger partial charge in [0.2, 0.25) is 17.7 Å². The number of nitrogens with two attached hydrogens (primary N) is 3. The first-order valence-corrected chi connectivity index (χ1v) is 13.1. The Kier molecular flexibility index (Phi) is 13.9. The van der Waals surface area contributed by atoms with Gasteiger partial charge < -0.3 is 43.4 Å². The molecule has 37 heavy (non-hydrogen) atoms. The molecule has 0 fully saturated rings. The molecule has 1 aromatic rings. The summed E-state index contributed by atoms with van der Waals surface area (Å²) in [5.74, 6) is -2.58. The molecular weight excluding hydrogens is 502 g/mol. The number of hydrogen-bond donors (Lipinski definition) is 8. The maximum absolute atomic E-state index is 13.2. The minimum atomic E-state index is -1.21. The first-order valence-electron chi connectivity index (χ1n) is 11.7. The second-order valence-corrected chi connectivity index (χ2v) is 9.38. The van der Waals surface area contributed by atoms with Crippen LogP contribution in [0.1, 0.15) is 31.7 Å². The monoisotopic (exact) mass is 539 g/mol. The highest BCUT2D eigenvalue weighted by Crippen LogP contribution is 2.12.